The van der Waals surface area contributed by atoms with Crippen molar-refractivity contribution in [2.45, 2.75) is 6.23 Å². The summed E-state index contributed by atoms with van der Waals surface area (Å²) in [5, 5.41) is 2.78. The molecule has 0 fully saturated rings. The molecule has 0 saturated carbocycles. The molecule has 1 heterocycles. The highest BCUT2D eigenvalue weighted by molar-refractivity contribution is 5.58. The normalized spacial score (nSPS) is 27.9. The third kappa shape index (κ3) is 0.899. The molecule has 0 saturated heterocycles. The molecule has 2 radical (unpaired) electrons. The van der Waals surface area contributed by atoms with Crippen LogP contribution in [0.4, 0.5) is 0 Å². The van der Waals surface area contributed by atoms with Gasteiger partial charge in [-0.25, -0.2) is 0 Å². The molecule has 38 valence electrons. The fraction of sp³-hybridized carbons (Fsp3) is 0.500. The molecule has 1 N–H and O–H groups in total. The van der Waals surface area contributed by atoms with Gasteiger partial charge in [0, 0.05) is 7.11 Å². The fourth-order valence-corrected chi connectivity index (χ4v) is 0.368. The Kier molecular flexibility index (Phi) is 1.26. The van der Waals surface area contributed by atoms with Crippen molar-refractivity contribution >= 4 is 6.34 Å². The van der Waals surface area contributed by atoms with E-state index in [1.54, 1.807) is 13.4 Å². The van der Waals surface area contributed by atoms with E-state index in [4.69, 9.17) is 4.74 Å². The smallest absolute Gasteiger partial charge is 0.171 e. The topological polar surface area (TPSA) is 33.6 Å². The Hall–Kier alpha value is -0.570. The SMILES string of the molecule is COC1[C]N=CN1. The van der Waals surface area contributed by atoms with E-state index in [9.17, 15) is 0 Å². The van der Waals surface area contributed by atoms with Crippen LogP contribution in [0.5, 0.6) is 0 Å². The van der Waals surface area contributed by atoms with Gasteiger partial charge in [-0.1, -0.05) is 0 Å². The maximum Gasteiger partial charge on any atom is 0.171 e. The van der Waals surface area contributed by atoms with Gasteiger partial charge in [-0.15, -0.1) is 0 Å². The molecule has 0 aliphatic carbocycles. The first-order chi connectivity index (χ1) is 3.43. The number of aliphatic imine (C=N–C) groups is 1. The van der Waals surface area contributed by atoms with Crippen LogP contribution in [0.2, 0.25) is 0 Å². The van der Waals surface area contributed by atoms with Crippen LogP contribution < -0.4 is 5.32 Å². The molecule has 7 heavy (non-hydrogen) atoms. The first-order valence-electron chi connectivity index (χ1n) is 1.99. The van der Waals surface area contributed by atoms with Crippen LogP contribution in [0.3, 0.4) is 0 Å². The van der Waals surface area contributed by atoms with E-state index in [1.165, 1.54) is 0 Å². The lowest BCUT2D eigenvalue weighted by molar-refractivity contribution is 0.123. The van der Waals surface area contributed by atoms with Crippen LogP contribution in [-0.4, -0.2) is 19.7 Å². The van der Waals surface area contributed by atoms with Crippen molar-refractivity contribution in [1.82, 2.24) is 5.32 Å². The first kappa shape index (κ1) is 4.59. The van der Waals surface area contributed by atoms with Crippen molar-refractivity contribution in [3.8, 4) is 0 Å². The maximum atomic E-state index is 4.76. The van der Waals surface area contributed by atoms with Gasteiger partial charge in [0.1, 0.15) is 0 Å². The summed E-state index contributed by atoms with van der Waals surface area (Å²) in [6, 6.07) is 0. The standard InChI is InChI=1S/C4H6N2O/c1-7-4-2-5-3-6-4/h3-4,6H,1H3. The number of rotatable bonds is 1. The Morgan fingerprint density at radius 3 is 3.14 bits per heavy atom. The highest BCUT2D eigenvalue weighted by atomic mass is 16.5. The highest BCUT2D eigenvalue weighted by Gasteiger charge is 2.07. The minimum absolute atomic E-state index is 0.125. The molecule has 1 rings (SSSR count). The molecular weight excluding hydrogens is 92.1 g/mol. The Morgan fingerprint density at radius 1 is 2.00 bits per heavy atom. The van der Waals surface area contributed by atoms with Gasteiger partial charge >= 0.3 is 0 Å². The Balaban J connectivity index is 2.22. The lowest BCUT2D eigenvalue weighted by Gasteiger charge is -2.02. The molecule has 0 spiro atoms. The van der Waals surface area contributed by atoms with Gasteiger partial charge in [0.25, 0.3) is 0 Å². The molecule has 0 amide bonds. The van der Waals surface area contributed by atoms with Crippen LogP contribution >= 0.6 is 0 Å². The third-order valence-electron chi connectivity index (χ3n) is 0.718. The van der Waals surface area contributed by atoms with Crippen LogP contribution in [0.15, 0.2) is 4.99 Å². The van der Waals surface area contributed by atoms with E-state index >= 15 is 0 Å². The predicted octanol–water partition coefficient (Wildman–Crippen LogP) is -0.371. The molecule has 3 heteroatoms. The molecule has 3 nitrogen and oxygen atoms in total. The maximum absolute atomic E-state index is 4.76. The van der Waals surface area contributed by atoms with Gasteiger partial charge in [-0.2, -0.15) is 0 Å². The molecule has 1 unspecified atom stereocenters. The number of methoxy groups -OCH3 is 1. The average molecular weight is 98.1 g/mol. The lowest BCUT2D eigenvalue weighted by atomic mass is 10.6. The second-order valence-corrected chi connectivity index (χ2v) is 1.17. The monoisotopic (exact) mass is 98.0 g/mol. The summed E-state index contributed by atoms with van der Waals surface area (Å²) in [6.45, 7) is 2.64. The van der Waals surface area contributed by atoms with Crippen LogP contribution in [0.25, 0.3) is 0 Å². The minimum Gasteiger partial charge on any atom is -0.359 e. The zero-order valence-corrected chi connectivity index (χ0v) is 4.01. The molecule has 0 aromatic carbocycles. The average Bonchev–Trinajstić information content (AvgIpc) is 2.14. The number of ether oxygens (including phenoxy) is 1. The number of hydrogen-bond donors (Lipinski definition) is 1. The summed E-state index contributed by atoms with van der Waals surface area (Å²) in [5.41, 5.74) is 0. The van der Waals surface area contributed by atoms with Crippen molar-refractivity contribution in [3.05, 3.63) is 6.54 Å². The third-order valence-corrected chi connectivity index (χ3v) is 0.718. The van der Waals surface area contributed by atoms with Gasteiger partial charge < -0.3 is 10.1 Å². The number of hydrogen-bond acceptors (Lipinski definition) is 3. The zero-order valence-electron chi connectivity index (χ0n) is 4.01. The van der Waals surface area contributed by atoms with E-state index in [0.29, 0.717) is 0 Å². The zero-order chi connectivity index (χ0) is 5.11. The second kappa shape index (κ2) is 1.93. The van der Waals surface area contributed by atoms with Gasteiger partial charge in [0.05, 0.1) is 6.34 Å². The summed E-state index contributed by atoms with van der Waals surface area (Å²) in [5.74, 6) is 0. The molecule has 1 aliphatic rings. The van der Waals surface area contributed by atoms with E-state index in [2.05, 4.69) is 16.9 Å². The van der Waals surface area contributed by atoms with E-state index in [0.717, 1.165) is 0 Å². The van der Waals surface area contributed by atoms with Crippen molar-refractivity contribution in [2.75, 3.05) is 7.11 Å². The van der Waals surface area contributed by atoms with Gasteiger partial charge in [-0.05, 0) is 0 Å². The second-order valence-electron chi connectivity index (χ2n) is 1.17. The van der Waals surface area contributed by atoms with Crippen LogP contribution in [0, 0.1) is 6.54 Å². The fourth-order valence-electron chi connectivity index (χ4n) is 0.368. The van der Waals surface area contributed by atoms with Crippen molar-refractivity contribution in [3.63, 3.8) is 0 Å². The summed E-state index contributed by atoms with van der Waals surface area (Å²) in [7, 11) is 1.60. The predicted molar refractivity (Wildman–Crippen MR) is 25.7 cm³/mol. The summed E-state index contributed by atoms with van der Waals surface area (Å²) in [4.78, 5) is 3.62. The number of nitrogens with one attached hydrogen (secondary N) is 1. The Bertz CT molecular complexity index is 73.8. The van der Waals surface area contributed by atoms with Gasteiger partial charge in [0.2, 0.25) is 0 Å². The molecule has 1 atom stereocenters. The Morgan fingerprint density at radius 2 is 2.86 bits per heavy atom. The van der Waals surface area contributed by atoms with Crippen molar-refractivity contribution in [1.29, 1.82) is 0 Å². The highest BCUT2D eigenvalue weighted by Crippen LogP contribution is 1.94. The van der Waals surface area contributed by atoms with Gasteiger partial charge in [-0.3, -0.25) is 4.99 Å². The minimum atomic E-state index is -0.125. The summed E-state index contributed by atoms with van der Waals surface area (Å²) in [6.07, 6.45) is 1.42. The summed E-state index contributed by atoms with van der Waals surface area (Å²) >= 11 is 0. The molecule has 0 aromatic heterocycles. The quantitative estimate of drug-likeness (QED) is 0.485. The van der Waals surface area contributed by atoms with Crippen molar-refractivity contribution in [2.24, 2.45) is 4.99 Å². The molecular formula is C4H6N2O. The lowest BCUT2D eigenvalue weighted by Crippen LogP contribution is -2.23. The van der Waals surface area contributed by atoms with E-state index in [-0.39, 0.29) is 6.23 Å². The Labute approximate surface area is 42.4 Å². The van der Waals surface area contributed by atoms with Crippen LogP contribution in [-0.2, 0) is 4.74 Å². The summed E-state index contributed by atoms with van der Waals surface area (Å²) < 4.78 is 4.76. The number of nitrogens with zero attached hydrogens (tertiary/aromatic N) is 1. The van der Waals surface area contributed by atoms with Crippen molar-refractivity contribution < 1.29 is 4.74 Å². The van der Waals surface area contributed by atoms with Gasteiger partial charge in [0.15, 0.2) is 12.8 Å². The van der Waals surface area contributed by atoms with E-state index < -0.39 is 0 Å². The molecule has 1 aliphatic heterocycles. The first-order valence-corrected chi connectivity index (χ1v) is 1.99. The van der Waals surface area contributed by atoms with Crippen LogP contribution in [0.1, 0.15) is 0 Å². The molecule has 0 bridgehead atoms. The van der Waals surface area contributed by atoms with E-state index in [1.807, 2.05) is 0 Å². The largest absolute Gasteiger partial charge is 0.359 e. The molecule has 0 aromatic rings.